The van der Waals surface area contributed by atoms with Crippen LogP contribution in [-0.4, -0.2) is 40.4 Å². The van der Waals surface area contributed by atoms with Gasteiger partial charge in [0.15, 0.2) is 0 Å². The van der Waals surface area contributed by atoms with Crippen LogP contribution >= 0.6 is 0 Å². The third-order valence-electron chi connectivity index (χ3n) is 2.25. The summed E-state index contributed by atoms with van der Waals surface area (Å²) in [7, 11) is 0. The zero-order valence-corrected chi connectivity index (χ0v) is 9.28. The molecule has 2 atom stereocenters. The van der Waals surface area contributed by atoms with Crippen molar-refractivity contribution < 1.29 is 14.6 Å². The molecule has 1 rings (SSSR count). The van der Waals surface area contributed by atoms with Crippen molar-refractivity contribution in [3.63, 3.8) is 0 Å². The van der Waals surface area contributed by atoms with Gasteiger partial charge in [0.1, 0.15) is 5.60 Å². The van der Waals surface area contributed by atoms with Crippen LogP contribution in [-0.2, 0) is 4.74 Å². The van der Waals surface area contributed by atoms with Gasteiger partial charge in [-0.1, -0.05) is 0 Å². The largest absolute Gasteiger partial charge is 0.444 e. The second-order valence-corrected chi connectivity index (χ2v) is 4.77. The predicted octanol–water partition coefficient (Wildman–Crippen LogP) is 1.38. The summed E-state index contributed by atoms with van der Waals surface area (Å²) in [6.07, 6.45) is 0.0580. The first-order valence-electron chi connectivity index (χ1n) is 4.99. The quantitative estimate of drug-likeness (QED) is 0.697. The summed E-state index contributed by atoms with van der Waals surface area (Å²) >= 11 is 0. The van der Waals surface area contributed by atoms with E-state index in [4.69, 9.17) is 4.74 Å². The molecule has 0 aromatic heterocycles. The van der Waals surface area contributed by atoms with Gasteiger partial charge in [0.25, 0.3) is 0 Å². The van der Waals surface area contributed by atoms with Crippen molar-refractivity contribution in [3.8, 4) is 0 Å². The lowest BCUT2D eigenvalue weighted by Gasteiger charge is -2.42. The molecule has 4 heteroatoms. The van der Waals surface area contributed by atoms with E-state index in [-0.39, 0.29) is 12.1 Å². The van der Waals surface area contributed by atoms with Gasteiger partial charge in [0.2, 0.25) is 0 Å². The topological polar surface area (TPSA) is 49.8 Å². The molecule has 0 aromatic rings. The van der Waals surface area contributed by atoms with E-state index in [1.807, 2.05) is 20.8 Å². The van der Waals surface area contributed by atoms with Crippen LogP contribution in [0, 0.1) is 0 Å². The molecule has 14 heavy (non-hydrogen) atoms. The number of rotatable bonds is 1. The van der Waals surface area contributed by atoms with Crippen molar-refractivity contribution in [1.82, 2.24) is 4.90 Å². The highest BCUT2D eigenvalue weighted by atomic mass is 16.6. The molecule has 4 nitrogen and oxygen atoms in total. The van der Waals surface area contributed by atoms with Gasteiger partial charge in [0, 0.05) is 6.54 Å². The van der Waals surface area contributed by atoms with Gasteiger partial charge >= 0.3 is 6.09 Å². The van der Waals surface area contributed by atoms with E-state index < -0.39 is 11.7 Å². The zero-order chi connectivity index (χ0) is 10.9. The molecule has 0 aromatic carbocycles. The van der Waals surface area contributed by atoms with Crippen molar-refractivity contribution in [2.75, 3.05) is 6.54 Å². The van der Waals surface area contributed by atoms with Crippen molar-refractivity contribution >= 4 is 6.09 Å². The smallest absolute Gasteiger partial charge is 0.410 e. The van der Waals surface area contributed by atoms with Gasteiger partial charge in [-0.05, 0) is 34.1 Å². The summed E-state index contributed by atoms with van der Waals surface area (Å²) in [5.41, 5.74) is -0.462. The van der Waals surface area contributed by atoms with E-state index >= 15 is 0 Å². The van der Waals surface area contributed by atoms with E-state index in [9.17, 15) is 9.90 Å². The predicted molar refractivity (Wildman–Crippen MR) is 53.0 cm³/mol. The van der Waals surface area contributed by atoms with E-state index in [1.165, 1.54) is 0 Å². The normalized spacial score (nSPS) is 24.1. The van der Waals surface area contributed by atoms with Crippen LogP contribution in [0.1, 0.15) is 34.1 Å². The molecule has 1 fully saturated rings. The fourth-order valence-electron chi connectivity index (χ4n) is 1.46. The first kappa shape index (κ1) is 11.3. The first-order chi connectivity index (χ1) is 6.31. The molecule has 1 amide bonds. The van der Waals surface area contributed by atoms with Crippen molar-refractivity contribution in [1.29, 1.82) is 0 Å². The summed E-state index contributed by atoms with van der Waals surface area (Å²) in [4.78, 5) is 13.1. The lowest BCUT2D eigenvalue weighted by molar-refractivity contribution is -0.0355. The van der Waals surface area contributed by atoms with Gasteiger partial charge in [-0.15, -0.1) is 0 Å². The maximum absolute atomic E-state index is 11.5. The summed E-state index contributed by atoms with van der Waals surface area (Å²) in [5.74, 6) is 0. The van der Waals surface area contributed by atoms with Crippen LogP contribution in [0.3, 0.4) is 0 Å². The molecule has 0 saturated carbocycles. The van der Waals surface area contributed by atoms with Gasteiger partial charge in [-0.2, -0.15) is 0 Å². The lowest BCUT2D eigenvalue weighted by Crippen LogP contribution is -2.57. The van der Waals surface area contributed by atoms with Gasteiger partial charge in [-0.25, -0.2) is 4.79 Å². The molecule has 82 valence electrons. The number of aliphatic hydroxyl groups excluding tert-OH is 1. The molecular formula is C10H19NO3. The number of carbonyl (C=O) groups is 1. The first-order valence-corrected chi connectivity index (χ1v) is 4.99. The average Bonchev–Trinajstić information content (AvgIpc) is 1.75. The van der Waals surface area contributed by atoms with Gasteiger partial charge in [-0.3, -0.25) is 0 Å². The summed E-state index contributed by atoms with van der Waals surface area (Å²) < 4.78 is 5.20. The molecule has 0 spiro atoms. The van der Waals surface area contributed by atoms with E-state index in [2.05, 4.69) is 0 Å². The number of amides is 1. The third kappa shape index (κ3) is 2.61. The number of hydrogen-bond donors (Lipinski definition) is 1. The van der Waals surface area contributed by atoms with E-state index in [1.54, 1.807) is 11.8 Å². The highest BCUT2D eigenvalue weighted by Gasteiger charge is 2.37. The van der Waals surface area contributed by atoms with Crippen LogP contribution in [0.2, 0.25) is 0 Å². The molecule has 1 N–H and O–H groups in total. The molecule has 1 heterocycles. The molecule has 1 saturated heterocycles. The summed E-state index contributed by atoms with van der Waals surface area (Å²) in [6, 6.07) is -0.0650. The molecular weight excluding hydrogens is 182 g/mol. The van der Waals surface area contributed by atoms with Crippen molar-refractivity contribution in [3.05, 3.63) is 0 Å². The monoisotopic (exact) mass is 201 g/mol. The molecule has 1 aliphatic rings. The van der Waals surface area contributed by atoms with Crippen LogP contribution in [0.25, 0.3) is 0 Å². The number of ether oxygens (including phenoxy) is 1. The highest BCUT2D eigenvalue weighted by Crippen LogP contribution is 2.23. The van der Waals surface area contributed by atoms with Crippen LogP contribution in [0.5, 0.6) is 0 Å². The Hall–Kier alpha value is -0.770. The van der Waals surface area contributed by atoms with Crippen molar-refractivity contribution in [2.24, 2.45) is 0 Å². The Bertz CT molecular complexity index is 220. The third-order valence-corrected chi connectivity index (χ3v) is 2.25. The molecule has 0 bridgehead atoms. The second kappa shape index (κ2) is 3.77. The standard InChI is InChI=1S/C10H19NO3/c1-7(12)8-5-6-11(8)9(13)14-10(2,3)4/h7-8,12H,5-6H2,1-4H3/t7?,8-/m0/s1. The number of likely N-dealkylation sites (tertiary alicyclic amines) is 1. The number of aliphatic hydroxyl groups is 1. The Kier molecular flexibility index (Phi) is 3.04. The van der Waals surface area contributed by atoms with Gasteiger partial charge < -0.3 is 14.7 Å². The number of hydrogen-bond acceptors (Lipinski definition) is 3. The summed E-state index contributed by atoms with van der Waals surface area (Å²) in [5, 5.41) is 9.34. The Labute approximate surface area is 84.8 Å². The number of carbonyl (C=O) groups excluding carboxylic acids is 1. The van der Waals surface area contributed by atoms with E-state index in [0.29, 0.717) is 6.54 Å². The lowest BCUT2D eigenvalue weighted by atomic mass is 9.99. The highest BCUT2D eigenvalue weighted by molar-refractivity contribution is 5.69. The fraction of sp³-hybridized carbons (Fsp3) is 0.900. The molecule has 0 aliphatic carbocycles. The van der Waals surface area contributed by atoms with Crippen LogP contribution in [0.4, 0.5) is 4.79 Å². The Morgan fingerprint density at radius 2 is 2.14 bits per heavy atom. The van der Waals surface area contributed by atoms with E-state index in [0.717, 1.165) is 6.42 Å². The fourth-order valence-corrected chi connectivity index (χ4v) is 1.46. The Morgan fingerprint density at radius 1 is 1.57 bits per heavy atom. The maximum atomic E-state index is 11.5. The van der Waals surface area contributed by atoms with Crippen LogP contribution < -0.4 is 0 Å². The molecule has 0 radical (unpaired) electrons. The molecule has 1 unspecified atom stereocenters. The minimum atomic E-state index is -0.476. The zero-order valence-electron chi connectivity index (χ0n) is 9.28. The second-order valence-electron chi connectivity index (χ2n) is 4.77. The maximum Gasteiger partial charge on any atom is 0.410 e. The average molecular weight is 201 g/mol. The Morgan fingerprint density at radius 3 is 2.43 bits per heavy atom. The SMILES string of the molecule is CC(O)[C@@H]1CCN1C(=O)OC(C)(C)C. The summed E-state index contributed by atoms with van der Waals surface area (Å²) in [6.45, 7) is 7.89. The Balaban J connectivity index is 2.46. The number of nitrogens with zero attached hydrogens (tertiary/aromatic N) is 1. The van der Waals surface area contributed by atoms with Gasteiger partial charge in [0.05, 0.1) is 12.1 Å². The minimum absolute atomic E-state index is 0.0650. The minimum Gasteiger partial charge on any atom is -0.444 e. The van der Waals surface area contributed by atoms with Crippen molar-refractivity contribution in [2.45, 2.75) is 51.9 Å². The molecule has 1 aliphatic heterocycles. The van der Waals surface area contributed by atoms with Crippen LogP contribution in [0.15, 0.2) is 0 Å².